The maximum Gasteiger partial charge on any atom is 0.296 e. The van der Waals surface area contributed by atoms with Gasteiger partial charge in [-0.25, -0.2) is 0 Å². The second-order valence-electron chi connectivity index (χ2n) is 2.18. The summed E-state index contributed by atoms with van der Waals surface area (Å²) in [5.41, 5.74) is -0.00241. The van der Waals surface area contributed by atoms with E-state index in [0.717, 1.165) is 18.2 Å². The van der Waals surface area contributed by atoms with E-state index in [-0.39, 0.29) is 10.7 Å². The van der Waals surface area contributed by atoms with Crippen molar-refractivity contribution in [3.63, 3.8) is 0 Å². The van der Waals surface area contributed by atoms with Crippen LogP contribution in [-0.2, 0) is 10.1 Å². The predicted molar refractivity (Wildman–Crippen MR) is 46.7 cm³/mol. The third-order valence-corrected chi connectivity index (χ3v) is 2.64. The standard InChI is InChI=1S/C6H4ClNO4S/c7-5-3-4(8-9)1-2-6(5)13(10,11)12/h1-3H,(H,10,11,12). The molecule has 13 heavy (non-hydrogen) atoms. The summed E-state index contributed by atoms with van der Waals surface area (Å²) in [7, 11) is -4.33. The van der Waals surface area contributed by atoms with Crippen molar-refractivity contribution in [1.29, 1.82) is 0 Å². The first-order valence-electron chi connectivity index (χ1n) is 3.05. The molecule has 0 aliphatic carbocycles. The summed E-state index contributed by atoms with van der Waals surface area (Å²) in [6.45, 7) is 0. The normalized spacial score (nSPS) is 11.2. The minimum Gasteiger partial charge on any atom is -0.282 e. The van der Waals surface area contributed by atoms with Crippen LogP contribution in [0.4, 0.5) is 5.69 Å². The Labute approximate surface area is 79.1 Å². The molecule has 0 radical (unpaired) electrons. The van der Waals surface area contributed by atoms with E-state index in [1.165, 1.54) is 0 Å². The van der Waals surface area contributed by atoms with Crippen LogP contribution in [0.3, 0.4) is 0 Å². The van der Waals surface area contributed by atoms with Crippen molar-refractivity contribution in [3.05, 3.63) is 28.1 Å². The third kappa shape index (κ3) is 2.24. The lowest BCUT2D eigenvalue weighted by Crippen LogP contribution is -1.98. The first kappa shape index (κ1) is 10.1. The fraction of sp³-hybridized carbons (Fsp3) is 0. The highest BCUT2D eigenvalue weighted by Crippen LogP contribution is 2.25. The summed E-state index contributed by atoms with van der Waals surface area (Å²) in [5, 5.41) is 2.31. The highest BCUT2D eigenvalue weighted by atomic mass is 35.5. The number of nitroso groups, excluding NO2 is 1. The van der Waals surface area contributed by atoms with Gasteiger partial charge in [-0.3, -0.25) is 4.55 Å². The number of nitrogens with zero attached hydrogens (tertiary/aromatic N) is 1. The Hall–Kier alpha value is -0.980. The van der Waals surface area contributed by atoms with Crippen molar-refractivity contribution in [2.45, 2.75) is 4.90 Å². The molecule has 0 amide bonds. The summed E-state index contributed by atoms with van der Waals surface area (Å²) < 4.78 is 29.8. The van der Waals surface area contributed by atoms with Crippen molar-refractivity contribution in [1.82, 2.24) is 0 Å². The molecule has 0 heterocycles. The van der Waals surface area contributed by atoms with Gasteiger partial charge in [-0.05, 0) is 23.4 Å². The van der Waals surface area contributed by atoms with Crippen molar-refractivity contribution >= 4 is 27.4 Å². The fourth-order valence-electron chi connectivity index (χ4n) is 0.756. The third-order valence-electron chi connectivity index (χ3n) is 1.30. The van der Waals surface area contributed by atoms with Crippen LogP contribution in [0.1, 0.15) is 0 Å². The molecule has 0 aliphatic heterocycles. The second kappa shape index (κ2) is 3.41. The molecule has 0 unspecified atom stereocenters. The van der Waals surface area contributed by atoms with Crippen LogP contribution >= 0.6 is 11.6 Å². The van der Waals surface area contributed by atoms with Gasteiger partial charge in [-0.15, -0.1) is 4.91 Å². The minimum atomic E-state index is -4.33. The van der Waals surface area contributed by atoms with Crippen molar-refractivity contribution < 1.29 is 13.0 Å². The Kier molecular flexibility index (Phi) is 2.65. The largest absolute Gasteiger partial charge is 0.296 e. The van der Waals surface area contributed by atoms with Crippen molar-refractivity contribution in [2.75, 3.05) is 0 Å². The monoisotopic (exact) mass is 221 g/mol. The lowest BCUT2D eigenvalue weighted by molar-refractivity contribution is 0.483. The molecule has 7 heteroatoms. The Morgan fingerprint density at radius 3 is 2.38 bits per heavy atom. The van der Waals surface area contributed by atoms with Gasteiger partial charge in [0.1, 0.15) is 10.6 Å². The van der Waals surface area contributed by atoms with Gasteiger partial charge in [0, 0.05) is 0 Å². The molecule has 0 aromatic heterocycles. The lowest BCUT2D eigenvalue weighted by atomic mass is 10.3. The molecule has 0 aliphatic rings. The maximum atomic E-state index is 10.6. The lowest BCUT2D eigenvalue weighted by Gasteiger charge is -1.99. The van der Waals surface area contributed by atoms with Gasteiger partial charge in [0.05, 0.1) is 5.02 Å². The van der Waals surface area contributed by atoms with Gasteiger partial charge in [0.2, 0.25) is 0 Å². The Balaban J connectivity index is 3.37. The van der Waals surface area contributed by atoms with Gasteiger partial charge in [0.15, 0.2) is 0 Å². The van der Waals surface area contributed by atoms with E-state index in [9.17, 15) is 13.3 Å². The minimum absolute atomic E-state index is 0.00241. The number of hydrogen-bond acceptors (Lipinski definition) is 4. The van der Waals surface area contributed by atoms with Gasteiger partial charge in [-0.1, -0.05) is 11.6 Å². The molecule has 0 saturated carbocycles. The highest BCUT2D eigenvalue weighted by molar-refractivity contribution is 7.86. The number of hydrogen-bond donors (Lipinski definition) is 1. The van der Waals surface area contributed by atoms with E-state index in [2.05, 4.69) is 5.18 Å². The Morgan fingerprint density at radius 2 is 2.00 bits per heavy atom. The van der Waals surface area contributed by atoms with Crippen LogP contribution < -0.4 is 0 Å². The molecule has 1 rings (SSSR count). The maximum absolute atomic E-state index is 10.6. The van der Waals surface area contributed by atoms with Crippen LogP contribution in [0.25, 0.3) is 0 Å². The second-order valence-corrected chi connectivity index (χ2v) is 3.98. The SMILES string of the molecule is O=Nc1ccc(S(=O)(=O)O)c(Cl)c1. The Bertz CT molecular complexity index is 442. The predicted octanol–water partition coefficient (Wildman–Crippen LogP) is 1.98. The average molecular weight is 222 g/mol. The van der Waals surface area contributed by atoms with Gasteiger partial charge < -0.3 is 0 Å². The topological polar surface area (TPSA) is 83.8 Å². The number of benzene rings is 1. The summed E-state index contributed by atoms with van der Waals surface area (Å²) in [4.78, 5) is 9.56. The molecule has 70 valence electrons. The molecule has 0 atom stereocenters. The van der Waals surface area contributed by atoms with Crippen LogP contribution in [0.2, 0.25) is 5.02 Å². The Morgan fingerprint density at radius 1 is 1.38 bits per heavy atom. The van der Waals surface area contributed by atoms with Crippen molar-refractivity contribution in [2.24, 2.45) is 5.18 Å². The number of halogens is 1. The molecule has 1 aromatic rings. The summed E-state index contributed by atoms with van der Waals surface area (Å²) >= 11 is 5.45. The van der Waals surface area contributed by atoms with E-state index in [1.54, 1.807) is 0 Å². The van der Waals surface area contributed by atoms with Gasteiger partial charge >= 0.3 is 0 Å². The molecular weight excluding hydrogens is 218 g/mol. The summed E-state index contributed by atoms with van der Waals surface area (Å²) in [5.74, 6) is 0. The van der Waals surface area contributed by atoms with E-state index < -0.39 is 15.0 Å². The summed E-state index contributed by atoms with van der Waals surface area (Å²) in [6.07, 6.45) is 0. The van der Waals surface area contributed by atoms with Crippen LogP contribution in [0.15, 0.2) is 28.3 Å². The molecule has 0 saturated heterocycles. The molecule has 5 nitrogen and oxygen atoms in total. The molecule has 0 fully saturated rings. The zero-order chi connectivity index (χ0) is 10.1. The highest BCUT2D eigenvalue weighted by Gasteiger charge is 2.14. The average Bonchev–Trinajstić information content (AvgIpc) is 2.01. The van der Waals surface area contributed by atoms with E-state index in [0.29, 0.717) is 0 Å². The fourth-order valence-corrected chi connectivity index (χ4v) is 1.77. The van der Waals surface area contributed by atoms with Crippen LogP contribution in [0, 0.1) is 4.91 Å². The molecule has 0 spiro atoms. The van der Waals surface area contributed by atoms with Crippen LogP contribution in [0.5, 0.6) is 0 Å². The molecular formula is C6H4ClNO4S. The first-order valence-corrected chi connectivity index (χ1v) is 4.87. The molecule has 0 bridgehead atoms. The van der Waals surface area contributed by atoms with Crippen LogP contribution in [-0.4, -0.2) is 13.0 Å². The first-order chi connectivity index (χ1) is 5.95. The number of rotatable bonds is 2. The summed E-state index contributed by atoms with van der Waals surface area (Å²) in [6, 6.07) is 3.20. The van der Waals surface area contributed by atoms with E-state index in [1.807, 2.05) is 0 Å². The van der Waals surface area contributed by atoms with E-state index >= 15 is 0 Å². The zero-order valence-electron chi connectivity index (χ0n) is 6.14. The van der Waals surface area contributed by atoms with E-state index in [4.69, 9.17) is 16.2 Å². The quantitative estimate of drug-likeness (QED) is 0.611. The van der Waals surface area contributed by atoms with Gasteiger partial charge in [-0.2, -0.15) is 8.42 Å². The molecule has 1 aromatic carbocycles. The smallest absolute Gasteiger partial charge is 0.282 e. The van der Waals surface area contributed by atoms with Crippen molar-refractivity contribution in [3.8, 4) is 0 Å². The zero-order valence-corrected chi connectivity index (χ0v) is 7.71. The molecule has 1 N–H and O–H groups in total. The van der Waals surface area contributed by atoms with Gasteiger partial charge in [0.25, 0.3) is 10.1 Å².